The van der Waals surface area contributed by atoms with Crippen molar-refractivity contribution in [2.75, 3.05) is 0 Å². The van der Waals surface area contributed by atoms with Gasteiger partial charge in [-0.25, -0.2) is 4.98 Å². The second kappa shape index (κ2) is 4.28. The zero-order valence-electron chi connectivity index (χ0n) is 9.79. The van der Waals surface area contributed by atoms with E-state index in [1.807, 2.05) is 13.8 Å². The second-order valence-corrected chi connectivity index (χ2v) is 4.72. The van der Waals surface area contributed by atoms with E-state index in [2.05, 4.69) is 9.97 Å². The molecule has 4 heteroatoms. The summed E-state index contributed by atoms with van der Waals surface area (Å²) in [5.74, 6) is 0.667. The Morgan fingerprint density at radius 2 is 1.94 bits per heavy atom. The van der Waals surface area contributed by atoms with Crippen molar-refractivity contribution in [1.82, 2.24) is 9.97 Å². The average Bonchev–Trinajstić information content (AvgIpc) is 2.59. The van der Waals surface area contributed by atoms with Gasteiger partial charge in [-0.2, -0.15) is 0 Å². The van der Waals surface area contributed by atoms with Gasteiger partial charge in [0.1, 0.15) is 5.82 Å². The summed E-state index contributed by atoms with van der Waals surface area (Å²) in [6.45, 7) is 4.02. The van der Waals surface area contributed by atoms with Gasteiger partial charge in [0.2, 0.25) is 0 Å². The highest BCUT2D eigenvalue weighted by atomic mass is 16.4. The Morgan fingerprint density at radius 1 is 1.31 bits per heavy atom. The molecule has 0 spiro atoms. The Bertz CT molecular complexity index is 370. The van der Waals surface area contributed by atoms with E-state index in [9.17, 15) is 4.79 Å². The number of imidazole rings is 1. The first-order valence-corrected chi connectivity index (χ1v) is 5.84. The van der Waals surface area contributed by atoms with Gasteiger partial charge in [0, 0.05) is 11.6 Å². The van der Waals surface area contributed by atoms with Gasteiger partial charge in [-0.05, 0) is 39.5 Å². The third-order valence-corrected chi connectivity index (χ3v) is 3.61. The van der Waals surface area contributed by atoms with Crippen LogP contribution in [0.3, 0.4) is 0 Å². The normalized spacial score (nSPS) is 25.6. The van der Waals surface area contributed by atoms with Crippen LogP contribution in [0.2, 0.25) is 0 Å². The molecule has 1 fully saturated rings. The zero-order valence-corrected chi connectivity index (χ0v) is 9.79. The Hall–Kier alpha value is -1.32. The predicted molar refractivity (Wildman–Crippen MR) is 60.4 cm³/mol. The van der Waals surface area contributed by atoms with Crippen molar-refractivity contribution in [3.63, 3.8) is 0 Å². The molecule has 0 aromatic carbocycles. The lowest BCUT2D eigenvalue weighted by Crippen LogP contribution is -2.21. The monoisotopic (exact) mass is 222 g/mol. The smallest absolute Gasteiger partial charge is 0.306 e. The largest absolute Gasteiger partial charge is 0.481 e. The molecule has 16 heavy (non-hydrogen) atoms. The maximum atomic E-state index is 10.8. The number of carbonyl (C=O) groups is 1. The van der Waals surface area contributed by atoms with Gasteiger partial charge in [0.25, 0.3) is 0 Å². The molecule has 1 aliphatic carbocycles. The van der Waals surface area contributed by atoms with Crippen molar-refractivity contribution in [1.29, 1.82) is 0 Å². The SMILES string of the molecule is Cc1nc(C2CCC(C(=O)O)CC2)[nH]c1C. The molecule has 0 saturated heterocycles. The molecule has 1 saturated carbocycles. The van der Waals surface area contributed by atoms with Crippen LogP contribution in [-0.4, -0.2) is 21.0 Å². The van der Waals surface area contributed by atoms with Crippen LogP contribution in [0.1, 0.15) is 48.8 Å². The van der Waals surface area contributed by atoms with Gasteiger partial charge < -0.3 is 10.1 Å². The first-order chi connectivity index (χ1) is 7.58. The van der Waals surface area contributed by atoms with Gasteiger partial charge in [-0.1, -0.05) is 0 Å². The summed E-state index contributed by atoms with van der Waals surface area (Å²) in [5.41, 5.74) is 2.17. The third-order valence-electron chi connectivity index (χ3n) is 3.61. The van der Waals surface area contributed by atoms with E-state index in [1.54, 1.807) is 0 Å². The van der Waals surface area contributed by atoms with Crippen LogP contribution in [0.15, 0.2) is 0 Å². The van der Waals surface area contributed by atoms with Crippen molar-refractivity contribution in [2.24, 2.45) is 5.92 Å². The number of hydrogen-bond acceptors (Lipinski definition) is 2. The summed E-state index contributed by atoms with van der Waals surface area (Å²) >= 11 is 0. The van der Waals surface area contributed by atoms with Crippen LogP contribution in [0.5, 0.6) is 0 Å². The van der Waals surface area contributed by atoms with E-state index in [-0.39, 0.29) is 5.92 Å². The first kappa shape index (κ1) is 11.2. The molecule has 0 radical (unpaired) electrons. The molecule has 1 aliphatic rings. The number of carboxylic acids is 1. The summed E-state index contributed by atoms with van der Waals surface area (Å²) in [5, 5.41) is 8.92. The number of H-pyrrole nitrogens is 1. The van der Waals surface area contributed by atoms with Crippen LogP contribution in [0.4, 0.5) is 0 Å². The fourth-order valence-corrected chi connectivity index (χ4v) is 2.38. The molecule has 2 N–H and O–H groups in total. The van der Waals surface area contributed by atoms with Crippen LogP contribution in [0, 0.1) is 19.8 Å². The molecule has 88 valence electrons. The lowest BCUT2D eigenvalue weighted by Gasteiger charge is -2.24. The predicted octanol–water partition coefficient (Wildman–Crippen LogP) is 2.38. The number of rotatable bonds is 2. The van der Waals surface area contributed by atoms with E-state index >= 15 is 0 Å². The topological polar surface area (TPSA) is 66.0 Å². The molecule has 0 amide bonds. The Balaban J connectivity index is 2.01. The maximum Gasteiger partial charge on any atom is 0.306 e. The summed E-state index contributed by atoms with van der Waals surface area (Å²) in [4.78, 5) is 18.6. The minimum absolute atomic E-state index is 0.145. The van der Waals surface area contributed by atoms with E-state index in [4.69, 9.17) is 5.11 Å². The molecule has 0 atom stereocenters. The molecule has 0 unspecified atom stereocenters. The zero-order chi connectivity index (χ0) is 11.7. The molecular weight excluding hydrogens is 204 g/mol. The molecular formula is C12H18N2O2. The van der Waals surface area contributed by atoms with E-state index in [1.165, 1.54) is 0 Å². The van der Waals surface area contributed by atoms with Gasteiger partial charge in [0.15, 0.2) is 0 Å². The highest BCUT2D eigenvalue weighted by Crippen LogP contribution is 2.34. The summed E-state index contributed by atoms with van der Waals surface area (Å²) < 4.78 is 0. The lowest BCUT2D eigenvalue weighted by molar-refractivity contribution is -0.142. The number of carboxylic acid groups (broad SMARTS) is 1. The van der Waals surface area contributed by atoms with Crippen molar-refractivity contribution in [3.8, 4) is 0 Å². The molecule has 0 bridgehead atoms. The molecule has 4 nitrogen and oxygen atoms in total. The Morgan fingerprint density at radius 3 is 2.38 bits per heavy atom. The minimum atomic E-state index is -0.648. The third kappa shape index (κ3) is 2.10. The molecule has 1 heterocycles. The van der Waals surface area contributed by atoms with Crippen LogP contribution < -0.4 is 0 Å². The number of aromatic amines is 1. The van der Waals surface area contributed by atoms with Crippen molar-refractivity contribution in [3.05, 3.63) is 17.2 Å². The molecule has 2 rings (SSSR count). The number of hydrogen-bond donors (Lipinski definition) is 2. The van der Waals surface area contributed by atoms with Crippen LogP contribution in [-0.2, 0) is 4.79 Å². The van der Waals surface area contributed by atoms with Crippen molar-refractivity contribution in [2.45, 2.75) is 45.4 Å². The quantitative estimate of drug-likeness (QED) is 0.807. The fourth-order valence-electron chi connectivity index (χ4n) is 2.38. The van der Waals surface area contributed by atoms with Gasteiger partial charge in [-0.3, -0.25) is 4.79 Å². The summed E-state index contributed by atoms with van der Waals surface area (Å²) in [6, 6.07) is 0. The number of aromatic nitrogens is 2. The van der Waals surface area contributed by atoms with Crippen molar-refractivity contribution >= 4 is 5.97 Å². The number of aryl methyl sites for hydroxylation is 2. The van der Waals surface area contributed by atoms with Gasteiger partial charge in [0.05, 0.1) is 11.6 Å². The Labute approximate surface area is 95.1 Å². The van der Waals surface area contributed by atoms with Crippen LogP contribution in [0.25, 0.3) is 0 Å². The molecule has 1 aromatic rings. The minimum Gasteiger partial charge on any atom is -0.481 e. The average molecular weight is 222 g/mol. The maximum absolute atomic E-state index is 10.8. The van der Waals surface area contributed by atoms with E-state index < -0.39 is 5.97 Å². The summed E-state index contributed by atoms with van der Waals surface area (Å²) in [6.07, 6.45) is 3.42. The van der Waals surface area contributed by atoms with E-state index in [0.29, 0.717) is 5.92 Å². The highest BCUT2D eigenvalue weighted by molar-refractivity contribution is 5.70. The first-order valence-electron chi connectivity index (χ1n) is 5.84. The van der Waals surface area contributed by atoms with Crippen LogP contribution >= 0.6 is 0 Å². The number of nitrogens with zero attached hydrogens (tertiary/aromatic N) is 1. The number of nitrogens with one attached hydrogen (secondary N) is 1. The lowest BCUT2D eigenvalue weighted by atomic mass is 9.82. The number of aliphatic carboxylic acids is 1. The highest BCUT2D eigenvalue weighted by Gasteiger charge is 2.28. The molecule has 0 aliphatic heterocycles. The van der Waals surface area contributed by atoms with Gasteiger partial charge >= 0.3 is 5.97 Å². The fraction of sp³-hybridized carbons (Fsp3) is 0.667. The summed E-state index contributed by atoms with van der Waals surface area (Å²) in [7, 11) is 0. The van der Waals surface area contributed by atoms with Gasteiger partial charge in [-0.15, -0.1) is 0 Å². The standard InChI is InChI=1S/C12H18N2O2/c1-7-8(2)14-11(13-7)9-3-5-10(6-4-9)12(15)16/h9-10H,3-6H2,1-2H3,(H,13,14)(H,15,16). The molecule has 1 aromatic heterocycles. The van der Waals surface area contributed by atoms with Crippen molar-refractivity contribution < 1.29 is 9.90 Å². The second-order valence-electron chi connectivity index (χ2n) is 4.72. The Kier molecular flexibility index (Phi) is 2.99. The van der Waals surface area contributed by atoms with E-state index in [0.717, 1.165) is 42.9 Å².